The van der Waals surface area contributed by atoms with E-state index in [4.69, 9.17) is 0 Å². The smallest absolute Gasteiger partial charge is 0.317 e. The molecule has 0 spiro atoms. The third kappa shape index (κ3) is 6.48. The summed E-state index contributed by atoms with van der Waals surface area (Å²) in [7, 11) is -3.18. The van der Waals surface area contributed by atoms with Crippen molar-refractivity contribution in [2.45, 2.75) is 44.7 Å². The highest BCUT2D eigenvalue weighted by molar-refractivity contribution is 7.88. The van der Waals surface area contributed by atoms with Crippen LogP contribution in [-0.4, -0.2) is 60.8 Å². The van der Waals surface area contributed by atoms with Gasteiger partial charge in [-0.1, -0.05) is 0 Å². The number of sulfonamides is 1. The first kappa shape index (κ1) is 18.7. The molecule has 1 aliphatic heterocycles. The highest BCUT2D eigenvalue weighted by Crippen LogP contribution is 2.19. The van der Waals surface area contributed by atoms with Crippen LogP contribution in [0.2, 0.25) is 0 Å². The van der Waals surface area contributed by atoms with Crippen LogP contribution in [0, 0.1) is 0 Å². The van der Waals surface area contributed by atoms with Crippen LogP contribution in [0.25, 0.3) is 0 Å². The highest BCUT2D eigenvalue weighted by Gasteiger charge is 2.26. The van der Waals surface area contributed by atoms with Gasteiger partial charge in [0.15, 0.2) is 0 Å². The Morgan fingerprint density at radius 3 is 2.88 bits per heavy atom. The van der Waals surface area contributed by atoms with Crippen LogP contribution >= 0.6 is 0 Å². The number of likely N-dealkylation sites (tertiary alicyclic amines) is 1. The zero-order chi connectivity index (χ0) is 17.4. The molecule has 0 saturated carbocycles. The Kier molecular flexibility index (Phi) is 7.04. The molecule has 0 bridgehead atoms. The number of nitrogens with zero attached hydrogens (tertiary/aromatic N) is 3. The summed E-state index contributed by atoms with van der Waals surface area (Å²) in [4.78, 5) is 18.2. The van der Waals surface area contributed by atoms with E-state index in [1.807, 2.05) is 15.7 Å². The molecular formula is C15H27N5O3S. The molecule has 1 atom stereocenters. The average Bonchev–Trinajstić information content (AvgIpc) is 3.04. The van der Waals surface area contributed by atoms with Crippen LogP contribution in [-0.2, 0) is 16.6 Å². The number of piperidine rings is 1. The second-order valence-corrected chi connectivity index (χ2v) is 8.02. The standard InChI is InChI=1S/C15H27N5O3S/c1-24(22,23)18-8-6-14-5-2-3-11-20(14)15(21)17-7-4-10-19-12-9-16-13-19/h9,12-14,18H,2-8,10-11H2,1H3,(H,17,21)/t14-/m0/s1. The third-order valence-corrected chi connectivity index (χ3v) is 4.89. The lowest BCUT2D eigenvalue weighted by Gasteiger charge is -2.35. The van der Waals surface area contributed by atoms with Crippen molar-refractivity contribution in [2.24, 2.45) is 0 Å². The molecule has 2 heterocycles. The van der Waals surface area contributed by atoms with Crippen molar-refractivity contribution in [1.29, 1.82) is 0 Å². The molecule has 1 aliphatic rings. The van der Waals surface area contributed by atoms with Gasteiger partial charge in [0.2, 0.25) is 10.0 Å². The Morgan fingerprint density at radius 2 is 2.17 bits per heavy atom. The molecule has 24 heavy (non-hydrogen) atoms. The Hall–Kier alpha value is -1.61. The molecular weight excluding hydrogens is 330 g/mol. The fourth-order valence-electron chi connectivity index (χ4n) is 2.96. The van der Waals surface area contributed by atoms with Gasteiger partial charge in [0.1, 0.15) is 0 Å². The first-order valence-electron chi connectivity index (χ1n) is 8.40. The van der Waals surface area contributed by atoms with Crippen LogP contribution in [0.5, 0.6) is 0 Å². The number of amides is 2. The van der Waals surface area contributed by atoms with E-state index in [1.54, 1.807) is 12.5 Å². The predicted molar refractivity (Wildman–Crippen MR) is 92.1 cm³/mol. The first-order chi connectivity index (χ1) is 11.5. The van der Waals surface area contributed by atoms with Gasteiger partial charge in [0.05, 0.1) is 12.6 Å². The van der Waals surface area contributed by atoms with E-state index >= 15 is 0 Å². The monoisotopic (exact) mass is 357 g/mol. The lowest BCUT2D eigenvalue weighted by Crippen LogP contribution is -2.49. The summed E-state index contributed by atoms with van der Waals surface area (Å²) in [6, 6.07) is 0.0475. The molecule has 0 unspecified atom stereocenters. The van der Waals surface area contributed by atoms with E-state index in [9.17, 15) is 13.2 Å². The fourth-order valence-corrected chi connectivity index (χ4v) is 3.45. The van der Waals surface area contributed by atoms with Gasteiger partial charge in [-0.2, -0.15) is 0 Å². The summed E-state index contributed by atoms with van der Waals surface area (Å²) in [5.41, 5.74) is 0. The number of carbonyl (C=O) groups is 1. The molecule has 1 saturated heterocycles. The van der Waals surface area contributed by atoms with Gasteiger partial charge in [-0.05, 0) is 32.1 Å². The van der Waals surface area contributed by atoms with E-state index in [0.717, 1.165) is 45.0 Å². The maximum Gasteiger partial charge on any atom is 0.317 e. The second kappa shape index (κ2) is 9.03. The van der Waals surface area contributed by atoms with Crippen LogP contribution in [0.4, 0.5) is 4.79 Å². The molecule has 2 rings (SSSR count). The number of hydrogen-bond donors (Lipinski definition) is 2. The number of nitrogens with one attached hydrogen (secondary N) is 2. The minimum atomic E-state index is -3.18. The molecule has 0 aliphatic carbocycles. The van der Waals surface area contributed by atoms with Gasteiger partial charge in [0.25, 0.3) is 0 Å². The van der Waals surface area contributed by atoms with Gasteiger partial charge in [0, 0.05) is 44.6 Å². The van der Waals surface area contributed by atoms with E-state index in [1.165, 1.54) is 0 Å². The quantitative estimate of drug-likeness (QED) is 0.672. The normalized spacial score (nSPS) is 18.5. The Bertz CT molecular complexity index is 603. The maximum absolute atomic E-state index is 12.4. The minimum Gasteiger partial charge on any atom is -0.338 e. The van der Waals surface area contributed by atoms with Crippen molar-refractivity contribution < 1.29 is 13.2 Å². The molecule has 1 aromatic rings. The van der Waals surface area contributed by atoms with Crippen LogP contribution in [0.15, 0.2) is 18.7 Å². The summed E-state index contributed by atoms with van der Waals surface area (Å²) < 4.78 is 26.8. The largest absolute Gasteiger partial charge is 0.338 e. The summed E-state index contributed by atoms with van der Waals surface area (Å²) in [5, 5.41) is 2.97. The average molecular weight is 357 g/mol. The predicted octanol–water partition coefficient (Wildman–Crippen LogP) is 0.777. The van der Waals surface area contributed by atoms with Crippen LogP contribution in [0.3, 0.4) is 0 Å². The van der Waals surface area contributed by atoms with Crippen molar-refractivity contribution in [2.75, 3.05) is 25.9 Å². The summed E-state index contributed by atoms with van der Waals surface area (Å²) in [6.45, 7) is 2.54. The van der Waals surface area contributed by atoms with Gasteiger partial charge < -0.3 is 14.8 Å². The molecule has 0 radical (unpaired) electrons. The third-order valence-electron chi connectivity index (χ3n) is 4.16. The molecule has 1 aromatic heterocycles. The first-order valence-corrected chi connectivity index (χ1v) is 10.3. The van der Waals surface area contributed by atoms with Crippen molar-refractivity contribution >= 4 is 16.1 Å². The minimum absolute atomic E-state index is 0.0512. The zero-order valence-electron chi connectivity index (χ0n) is 14.1. The number of aryl methyl sites for hydroxylation is 1. The molecule has 0 aromatic carbocycles. The summed E-state index contributed by atoms with van der Waals surface area (Å²) >= 11 is 0. The topological polar surface area (TPSA) is 96.3 Å². The number of rotatable bonds is 8. The van der Waals surface area contributed by atoms with Crippen molar-refractivity contribution in [3.8, 4) is 0 Å². The fraction of sp³-hybridized carbons (Fsp3) is 0.733. The van der Waals surface area contributed by atoms with Crippen molar-refractivity contribution in [1.82, 2.24) is 24.5 Å². The summed E-state index contributed by atoms with van der Waals surface area (Å²) in [5.74, 6) is 0. The molecule has 136 valence electrons. The maximum atomic E-state index is 12.4. The summed E-state index contributed by atoms with van der Waals surface area (Å²) in [6.07, 6.45) is 11.0. The molecule has 1 fully saturated rings. The SMILES string of the molecule is CS(=O)(=O)NCC[C@@H]1CCCCN1C(=O)NCCCn1ccnc1. The van der Waals surface area contributed by atoms with E-state index in [-0.39, 0.29) is 12.1 Å². The number of aromatic nitrogens is 2. The number of urea groups is 1. The van der Waals surface area contributed by atoms with Gasteiger partial charge in [-0.3, -0.25) is 0 Å². The Labute approximate surface area is 143 Å². The Balaban J connectivity index is 1.72. The van der Waals surface area contributed by atoms with Gasteiger partial charge in [-0.25, -0.2) is 22.9 Å². The number of carbonyl (C=O) groups excluding carboxylic acids is 1. The van der Waals surface area contributed by atoms with Crippen LogP contribution in [0.1, 0.15) is 32.1 Å². The second-order valence-electron chi connectivity index (χ2n) is 6.18. The van der Waals surface area contributed by atoms with Crippen molar-refractivity contribution in [3.05, 3.63) is 18.7 Å². The van der Waals surface area contributed by atoms with Gasteiger partial charge >= 0.3 is 6.03 Å². The highest BCUT2D eigenvalue weighted by atomic mass is 32.2. The lowest BCUT2D eigenvalue weighted by atomic mass is 10.00. The van der Waals surface area contributed by atoms with E-state index in [0.29, 0.717) is 19.5 Å². The number of hydrogen-bond acceptors (Lipinski definition) is 4. The van der Waals surface area contributed by atoms with Crippen molar-refractivity contribution in [3.63, 3.8) is 0 Å². The van der Waals surface area contributed by atoms with Gasteiger partial charge in [-0.15, -0.1) is 0 Å². The molecule has 8 nitrogen and oxygen atoms in total. The van der Waals surface area contributed by atoms with Crippen LogP contribution < -0.4 is 10.0 Å². The number of imidazole rings is 1. The zero-order valence-corrected chi connectivity index (χ0v) is 15.0. The molecule has 9 heteroatoms. The molecule has 2 amide bonds. The van der Waals surface area contributed by atoms with E-state index in [2.05, 4.69) is 15.0 Å². The van der Waals surface area contributed by atoms with E-state index < -0.39 is 10.0 Å². The Morgan fingerprint density at radius 1 is 1.33 bits per heavy atom. The molecule has 2 N–H and O–H groups in total. The lowest BCUT2D eigenvalue weighted by molar-refractivity contribution is 0.147.